The second-order valence-electron chi connectivity index (χ2n) is 5.99. The number of nitrogens with one attached hydrogen (secondary N) is 1. The third-order valence-corrected chi connectivity index (χ3v) is 3.86. The fourth-order valence-electron chi connectivity index (χ4n) is 2.64. The van der Waals surface area contributed by atoms with Gasteiger partial charge in [0.05, 0.1) is 12.7 Å². The van der Waals surface area contributed by atoms with Crippen LogP contribution in [0.3, 0.4) is 0 Å². The molecule has 0 aromatic carbocycles. The first-order chi connectivity index (χ1) is 12.0. The van der Waals surface area contributed by atoms with E-state index in [1.165, 1.54) is 12.1 Å². The molecule has 1 saturated heterocycles. The number of rotatable bonds is 4. The van der Waals surface area contributed by atoms with Crippen LogP contribution in [0.4, 0.5) is 20.8 Å². The number of hydrogen-bond acceptors (Lipinski definition) is 5. The van der Waals surface area contributed by atoms with Gasteiger partial charge in [-0.05, 0) is 24.3 Å². The second kappa shape index (κ2) is 7.33. The fraction of sp³-hybridized carbons (Fsp3) is 0.353. The summed E-state index contributed by atoms with van der Waals surface area (Å²) in [5.41, 5.74) is 0. The molecule has 0 spiro atoms. The molecule has 1 fully saturated rings. The number of amides is 2. The number of halogens is 1. The Kier molecular flexibility index (Phi) is 4.97. The summed E-state index contributed by atoms with van der Waals surface area (Å²) in [4.78, 5) is 24.0. The lowest BCUT2D eigenvalue weighted by molar-refractivity contribution is 0.195. The highest BCUT2D eigenvalue weighted by molar-refractivity contribution is 5.88. The molecular weight excluding hydrogens is 325 g/mol. The van der Waals surface area contributed by atoms with Gasteiger partial charge < -0.3 is 14.5 Å². The molecule has 1 N–H and O–H groups in total. The minimum atomic E-state index is -0.444. The predicted molar refractivity (Wildman–Crippen MR) is 92.4 cm³/mol. The number of nitrogens with zero attached hydrogens (tertiary/aromatic N) is 4. The number of pyridine rings is 2. The number of urea groups is 1. The van der Waals surface area contributed by atoms with E-state index in [1.807, 2.05) is 31.1 Å². The van der Waals surface area contributed by atoms with Crippen molar-refractivity contribution in [2.24, 2.45) is 0 Å². The van der Waals surface area contributed by atoms with Gasteiger partial charge in [0, 0.05) is 33.3 Å². The van der Waals surface area contributed by atoms with E-state index in [1.54, 1.807) is 11.1 Å². The van der Waals surface area contributed by atoms with Gasteiger partial charge in [0.15, 0.2) is 11.6 Å². The number of ether oxygens (including phenoxy) is 1. The maximum atomic E-state index is 12.9. The molecule has 1 atom stereocenters. The molecule has 1 unspecified atom stereocenters. The highest BCUT2D eigenvalue weighted by Gasteiger charge is 2.28. The minimum Gasteiger partial charge on any atom is -0.485 e. The van der Waals surface area contributed by atoms with Crippen molar-refractivity contribution < 1.29 is 13.9 Å². The first kappa shape index (κ1) is 16.9. The van der Waals surface area contributed by atoms with Crippen molar-refractivity contribution in [3.63, 3.8) is 0 Å². The Morgan fingerprint density at radius 2 is 2.20 bits per heavy atom. The normalized spacial score (nSPS) is 16.6. The Balaban J connectivity index is 1.58. The molecule has 8 heteroatoms. The summed E-state index contributed by atoms with van der Waals surface area (Å²) < 4.78 is 18.9. The Labute approximate surface area is 145 Å². The van der Waals surface area contributed by atoms with Crippen molar-refractivity contribution in [3.05, 3.63) is 42.5 Å². The van der Waals surface area contributed by atoms with E-state index in [9.17, 15) is 9.18 Å². The second-order valence-corrected chi connectivity index (χ2v) is 5.99. The molecule has 7 nitrogen and oxygen atoms in total. The first-order valence-corrected chi connectivity index (χ1v) is 7.99. The van der Waals surface area contributed by atoms with Gasteiger partial charge >= 0.3 is 6.03 Å². The van der Waals surface area contributed by atoms with Crippen LogP contribution in [0.2, 0.25) is 0 Å². The summed E-state index contributed by atoms with van der Waals surface area (Å²) in [6.07, 6.45) is 3.41. The highest BCUT2D eigenvalue weighted by atomic mass is 19.1. The largest absolute Gasteiger partial charge is 0.485 e. The average Bonchev–Trinajstić information content (AvgIpc) is 3.06. The molecule has 0 radical (unpaired) electrons. The van der Waals surface area contributed by atoms with E-state index in [0.29, 0.717) is 24.7 Å². The van der Waals surface area contributed by atoms with Crippen LogP contribution in [0.1, 0.15) is 6.42 Å². The zero-order valence-electron chi connectivity index (χ0n) is 14.1. The van der Waals surface area contributed by atoms with Gasteiger partial charge in [-0.1, -0.05) is 0 Å². The predicted octanol–water partition coefficient (Wildman–Crippen LogP) is 2.37. The van der Waals surface area contributed by atoms with Gasteiger partial charge in [-0.3, -0.25) is 5.32 Å². The standard InChI is InChI=1S/C17H20FN5O2/c1-22(2)16-14(4-3-8-19-16)25-13-7-9-23(11-13)17(24)21-15-6-5-12(18)10-20-15/h3-6,8,10,13H,7,9,11H2,1-2H3,(H,20,21,24). The number of anilines is 2. The molecule has 3 heterocycles. The average molecular weight is 345 g/mol. The van der Waals surface area contributed by atoms with E-state index in [4.69, 9.17) is 4.74 Å². The van der Waals surface area contributed by atoms with Crippen molar-refractivity contribution >= 4 is 17.7 Å². The van der Waals surface area contributed by atoms with Crippen LogP contribution in [0.5, 0.6) is 5.75 Å². The molecule has 1 aliphatic rings. The zero-order valence-corrected chi connectivity index (χ0v) is 14.1. The highest BCUT2D eigenvalue weighted by Crippen LogP contribution is 2.26. The van der Waals surface area contributed by atoms with Crippen molar-refractivity contribution in [2.75, 3.05) is 37.4 Å². The van der Waals surface area contributed by atoms with E-state index in [2.05, 4.69) is 15.3 Å². The molecule has 3 rings (SSSR count). The van der Waals surface area contributed by atoms with Gasteiger partial charge in [-0.2, -0.15) is 0 Å². The van der Waals surface area contributed by atoms with Crippen LogP contribution in [-0.2, 0) is 0 Å². The van der Waals surface area contributed by atoms with Gasteiger partial charge in [0.1, 0.15) is 17.7 Å². The minimum absolute atomic E-state index is 0.102. The van der Waals surface area contributed by atoms with Gasteiger partial charge in [0.25, 0.3) is 0 Å². The van der Waals surface area contributed by atoms with Crippen molar-refractivity contribution in [2.45, 2.75) is 12.5 Å². The molecule has 2 aromatic rings. The van der Waals surface area contributed by atoms with Crippen LogP contribution in [0, 0.1) is 5.82 Å². The Morgan fingerprint density at radius 1 is 1.36 bits per heavy atom. The molecule has 0 saturated carbocycles. The Bertz CT molecular complexity index is 738. The number of aromatic nitrogens is 2. The Hall–Kier alpha value is -2.90. The maximum absolute atomic E-state index is 12.9. The quantitative estimate of drug-likeness (QED) is 0.921. The molecule has 25 heavy (non-hydrogen) atoms. The summed E-state index contributed by atoms with van der Waals surface area (Å²) in [6.45, 7) is 1.05. The lowest BCUT2D eigenvalue weighted by atomic mass is 10.3. The third kappa shape index (κ3) is 4.14. The van der Waals surface area contributed by atoms with Gasteiger partial charge in [-0.15, -0.1) is 0 Å². The fourth-order valence-corrected chi connectivity index (χ4v) is 2.64. The topological polar surface area (TPSA) is 70.6 Å². The molecular formula is C17H20FN5O2. The Morgan fingerprint density at radius 3 is 2.92 bits per heavy atom. The summed E-state index contributed by atoms with van der Waals surface area (Å²) in [5, 5.41) is 2.66. The summed E-state index contributed by atoms with van der Waals surface area (Å²) in [7, 11) is 3.80. The van der Waals surface area contributed by atoms with Crippen LogP contribution in [0.25, 0.3) is 0 Å². The van der Waals surface area contributed by atoms with E-state index >= 15 is 0 Å². The van der Waals surface area contributed by atoms with Crippen LogP contribution < -0.4 is 15.0 Å². The van der Waals surface area contributed by atoms with Gasteiger partial charge in [0.2, 0.25) is 0 Å². The molecule has 2 aromatic heterocycles. The summed E-state index contributed by atoms with van der Waals surface area (Å²) in [5.74, 6) is 1.32. The maximum Gasteiger partial charge on any atom is 0.323 e. The van der Waals surface area contributed by atoms with Crippen molar-refractivity contribution in [3.8, 4) is 5.75 Å². The monoisotopic (exact) mass is 345 g/mol. The molecule has 0 bridgehead atoms. The van der Waals surface area contributed by atoms with Crippen LogP contribution in [-0.4, -0.2) is 54.2 Å². The van der Waals surface area contributed by atoms with Crippen molar-refractivity contribution in [1.29, 1.82) is 0 Å². The van der Waals surface area contributed by atoms with Gasteiger partial charge in [-0.25, -0.2) is 19.2 Å². The number of carbonyl (C=O) groups excluding carboxylic acids is 1. The SMILES string of the molecule is CN(C)c1ncccc1OC1CCN(C(=O)Nc2ccc(F)cn2)C1. The lowest BCUT2D eigenvalue weighted by Gasteiger charge is -2.20. The van der Waals surface area contributed by atoms with E-state index < -0.39 is 5.82 Å². The van der Waals surface area contributed by atoms with Crippen LogP contribution >= 0.6 is 0 Å². The first-order valence-electron chi connectivity index (χ1n) is 7.99. The number of carbonyl (C=O) groups is 1. The lowest BCUT2D eigenvalue weighted by Crippen LogP contribution is -2.34. The smallest absolute Gasteiger partial charge is 0.323 e. The molecule has 132 valence electrons. The molecule has 0 aliphatic carbocycles. The summed E-state index contributed by atoms with van der Waals surface area (Å²) >= 11 is 0. The summed E-state index contributed by atoms with van der Waals surface area (Å²) in [6, 6.07) is 6.10. The molecule has 1 aliphatic heterocycles. The van der Waals surface area contributed by atoms with Crippen LogP contribution in [0.15, 0.2) is 36.7 Å². The molecule has 2 amide bonds. The van der Waals surface area contributed by atoms with E-state index in [-0.39, 0.29) is 12.1 Å². The zero-order chi connectivity index (χ0) is 17.8. The number of hydrogen-bond donors (Lipinski definition) is 1. The van der Waals surface area contributed by atoms with E-state index in [0.717, 1.165) is 18.4 Å². The van der Waals surface area contributed by atoms with Crippen molar-refractivity contribution in [1.82, 2.24) is 14.9 Å². The third-order valence-electron chi connectivity index (χ3n) is 3.86. The number of likely N-dealkylation sites (tertiary alicyclic amines) is 1.